The number of hydrogen-bond donors (Lipinski definition) is 0. The fourth-order valence-corrected chi connectivity index (χ4v) is 6.71. The average molecular weight is 605 g/mol. The molecule has 4 aromatic carbocycles. The van der Waals surface area contributed by atoms with Crippen LogP contribution in [0.2, 0.25) is 0 Å². The molecule has 6 aromatic heterocycles. The first-order chi connectivity index (χ1) is 23.3. The van der Waals surface area contributed by atoms with Gasteiger partial charge >= 0.3 is 0 Å². The Bertz CT molecular complexity index is 2630. The molecule has 0 saturated heterocycles. The second kappa shape index (κ2) is 9.95. The molecule has 0 aliphatic heterocycles. The van der Waals surface area contributed by atoms with Crippen molar-refractivity contribution in [3.8, 4) is 34.0 Å². The monoisotopic (exact) mass is 604 g/mol. The van der Waals surface area contributed by atoms with Crippen molar-refractivity contribution < 1.29 is 4.74 Å². The van der Waals surface area contributed by atoms with Gasteiger partial charge in [0.1, 0.15) is 34.1 Å². The smallest absolute Gasteiger partial charge is 0.147 e. The van der Waals surface area contributed by atoms with Gasteiger partial charge in [0.2, 0.25) is 0 Å². The van der Waals surface area contributed by atoms with Crippen molar-refractivity contribution in [2.75, 3.05) is 0 Å². The lowest BCUT2D eigenvalue weighted by Crippen LogP contribution is -1.94. The number of imidazole rings is 2. The molecule has 10 rings (SSSR count). The fraction of sp³-hybridized carbons (Fsp3) is 0. The zero-order valence-corrected chi connectivity index (χ0v) is 24.9. The molecule has 7 nitrogen and oxygen atoms in total. The molecule has 0 aliphatic carbocycles. The Labute approximate surface area is 268 Å². The van der Waals surface area contributed by atoms with Crippen LogP contribution in [-0.4, -0.2) is 28.7 Å². The standard InChI is InChI=1S/C40H24N6O/c1-3-9-25(10-4-1)35-23-45-37-31(13-7-19-41-37)29-17-15-27(21-33(29)39(45)43-35)47-28-16-18-30-32-14-8-20-42-38(32)46-24-36(26-11-5-2-6-12-26)44-40(46)34(30)22-28/h1-24H. The van der Waals surface area contributed by atoms with Crippen LogP contribution in [0.5, 0.6) is 11.5 Å². The van der Waals surface area contributed by atoms with Crippen molar-refractivity contribution in [2.45, 2.75) is 0 Å². The number of fused-ring (bicyclic) bond motifs is 12. The highest BCUT2D eigenvalue weighted by molar-refractivity contribution is 6.12. The molecular weight excluding hydrogens is 580 g/mol. The van der Waals surface area contributed by atoms with E-state index in [4.69, 9.17) is 24.7 Å². The molecule has 6 heterocycles. The van der Waals surface area contributed by atoms with E-state index in [0.717, 1.165) is 88.9 Å². The Morgan fingerprint density at radius 3 is 1.34 bits per heavy atom. The van der Waals surface area contributed by atoms with Crippen LogP contribution in [0.25, 0.3) is 77.4 Å². The molecule has 0 aliphatic rings. The van der Waals surface area contributed by atoms with Crippen LogP contribution >= 0.6 is 0 Å². The maximum atomic E-state index is 6.59. The van der Waals surface area contributed by atoms with Gasteiger partial charge in [0, 0.05) is 57.5 Å². The molecule has 0 amide bonds. The van der Waals surface area contributed by atoms with E-state index in [-0.39, 0.29) is 0 Å². The zero-order chi connectivity index (χ0) is 30.9. The van der Waals surface area contributed by atoms with Gasteiger partial charge in [-0.25, -0.2) is 19.9 Å². The van der Waals surface area contributed by atoms with Gasteiger partial charge < -0.3 is 4.74 Å². The molecule has 220 valence electrons. The first kappa shape index (κ1) is 25.7. The summed E-state index contributed by atoms with van der Waals surface area (Å²) in [5.74, 6) is 1.44. The van der Waals surface area contributed by atoms with Gasteiger partial charge in [0.05, 0.1) is 11.4 Å². The third-order valence-corrected chi connectivity index (χ3v) is 8.86. The molecule has 0 fully saturated rings. The number of pyridine rings is 4. The minimum absolute atomic E-state index is 0.720. The van der Waals surface area contributed by atoms with Crippen molar-refractivity contribution in [3.63, 3.8) is 0 Å². The topological polar surface area (TPSA) is 69.6 Å². The van der Waals surface area contributed by atoms with Crippen LogP contribution in [0, 0.1) is 0 Å². The van der Waals surface area contributed by atoms with E-state index in [1.807, 2.05) is 73.1 Å². The number of hydrogen-bond acceptors (Lipinski definition) is 5. The molecule has 0 radical (unpaired) electrons. The molecule has 0 saturated carbocycles. The maximum absolute atomic E-state index is 6.59. The van der Waals surface area contributed by atoms with Gasteiger partial charge in [0.15, 0.2) is 0 Å². The summed E-state index contributed by atoms with van der Waals surface area (Å²) in [6.45, 7) is 0. The van der Waals surface area contributed by atoms with Crippen molar-refractivity contribution in [1.82, 2.24) is 28.7 Å². The van der Waals surface area contributed by atoms with Crippen LogP contribution in [0.1, 0.15) is 0 Å². The minimum Gasteiger partial charge on any atom is -0.457 e. The van der Waals surface area contributed by atoms with Crippen molar-refractivity contribution in [1.29, 1.82) is 0 Å². The quantitative estimate of drug-likeness (QED) is 0.187. The van der Waals surface area contributed by atoms with E-state index in [1.165, 1.54) is 0 Å². The predicted molar refractivity (Wildman–Crippen MR) is 187 cm³/mol. The number of benzene rings is 4. The molecule has 0 bridgehead atoms. The van der Waals surface area contributed by atoms with Gasteiger partial charge in [-0.2, -0.15) is 0 Å². The van der Waals surface area contributed by atoms with Crippen LogP contribution in [0.15, 0.2) is 146 Å². The van der Waals surface area contributed by atoms with Crippen LogP contribution < -0.4 is 4.74 Å². The Hall–Kier alpha value is -6.60. The van der Waals surface area contributed by atoms with Gasteiger partial charge in [0.25, 0.3) is 0 Å². The first-order valence-corrected chi connectivity index (χ1v) is 15.5. The number of rotatable bonds is 4. The predicted octanol–water partition coefficient (Wildman–Crippen LogP) is 9.51. The highest BCUT2D eigenvalue weighted by atomic mass is 16.5. The normalized spacial score (nSPS) is 11.8. The summed E-state index contributed by atoms with van der Waals surface area (Å²) >= 11 is 0. The van der Waals surface area contributed by atoms with Crippen LogP contribution in [-0.2, 0) is 0 Å². The van der Waals surface area contributed by atoms with Crippen molar-refractivity contribution in [2.24, 2.45) is 0 Å². The Morgan fingerprint density at radius 1 is 0.404 bits per heavy atom. The second-order valence-corrected chi connectivity index (χ2v) is 11.6. The lowest BCUT2D eigenvalue weighted by molar-refractivity contribution is 0.484. The van der Waals surface area contributed by atoms with E-state index in [2.05, 4.69) is 81.9 Å². The zero-order valence-electron chi connectivity index (χ0n) is 24.9. The Balaban J connectivity index is 1.14. The summed E-state index contributed by atoms with van der Waals surface area (Å²) < 4.78 is 10.8. The Kier molecular flexibility index (Phi) is 5.44. The van der Waals surface area contributed by atoms with Gasteiger partial charge in [-0.15, -0.1) is 0 Å². The molecule has 0 spiro atoms. The summed E-state index contributed by atoms with van der Waals surface area (Å²) in [5.41, 5.74) is 7.31. The third kappa shape index (κ3) is 4.00. The molecular formula is C40H24N6O. The third-order valence-electron chi connectivity index (χ3n) is 8.86. The van der Waals surface area contributed by atoms with E-state index in [0.29, 0.717) is 0 Å². The average Bonchev–Trinajstić information content (AvgIpc) is 3.80. The largest absolute Gasteiger partial charge is 0.457 e. The molecule has 47 heavy (non-hydrogen) atoms. The summed E-state index contributed by atoms with van der Waals surface area (Å²) in [6, 6.07) is 41.0. The highest BCUT2D eigenvalue weighted by Gasteiger charge is 2.17. The minimum atomic E-state index is 0.720. The lowest BCUT2D eigenvalue weighted by Gasteiger charge is -2.12. The highest BCUT2D eigenvalue weighted by Crippen LogP contribution is 2.37. The Morgan fingerprint density at radius 2 is 0.872 bits per heavy atom. The first-order valence-electron chi connectivity index (χ1n) is 15.5. The summed E-state index contributed by atoms with van der Waals surface area (Å²) in [4.78, 5) is 19.6. The maximum Gasteiger partial charge on any atom is 0.147 e. The van der Waals surface area contributed by atoms with Gasteiger partial charge in [-0.1, -0.05) is 60.7 Å². The second-order valence-electron chi connectivity index (χ2n) is 11.6. The van der Waals surface area contributed by atoms with Crippen LogP contribution in [0.3, 0.4) is 0 Å². The van der Waals surface area contributed by atoms with Gasteiger partial charge in [-0.05, 0) is 71.4 Å². The molecule has 0 N–H and O–H groups in total. The fourth-order valence-electron chi connectivity index (χ4n) is 6.71. The molecule has 10 aromatic rings. The molecule has 0 atom stereocenters. The van der Waals surface area contributed by atoms with Crippen LogP contribution in [0.4, 0.5) is 0 Å². The molecule has 0 unspecified atom stereocenters. The van der Waals surface area contributed by atoms with E-state index in [1.54, 1.807) is 0 Å². The summed E-state index contributed by atoms with van der Waals surface area (Å²) in [5, 5.41) is 6.24. The van der Waals surface area contributed by atoms with E-state index >= 15 is 0 Å². The van der Waals surface area contributed by atoms with Gasteiger partial charge in [-0.3, -0.25) is 8.80 Å². The number of ether oxygens (including phenoxy) is 1. The number of nitrogens with zero attached hydrogens (tertiary/aromatic N) is 6. The SMILES string of the molecule is c1ccc(-c2cn3c4ncccc4c4ccc(Oc5ccc6c7cccnc7n7cc(-c8ccccc8)nc7c6c5)cc4c3n2)cc1. The van der Waals surface area contributed by atoms with E-state index < -0.39 is 0 Å². The summed E-state index contributed by atoms with van der Waals surface area (Å²) in [7, 11) is 0. The van der Waals surface area contributed by atoms with Crippen molar-refractivity contribution in [3.05, 3.63) is 146 Å². The molecule has 7 heteroatoms. The lowest BCUT2D eigenvalue weighted by atomic mass is 10.1. The van der Waals surface area contributed by atoms with Crippen molar-refractivity contribution >= 4 is 54.9 Å². The number of aromatic nitrogens is 6. The van der Waals surface area contributed by atoms with E-state index in [9.17, 15) is 0 Å². The summed E-state index contributed by atoms with van der Waals surface area (Å²) in [6.07, 6.45) is 7.78.